The molecule has 0 bridgehead atoms. The number of nitrogens with one attached hydrogen (secondary N) is 1. The highest BCUT2D eigenvalue weighted by molar-refractivity contribution is 7.88. The molecule has 0 saturated carbocycles. The van der Waals surface area contributed by atoms with Crippen molar-refractivity contribution in [2.75, 3.05) is 0 Å². The van der Waals surface area contributed by atoms with Gasteiger partial charge in [-0.15, -0.1) is 0 Å². The summed E-state index contributed by atoms with van der Waals surface area (Å²) in [6.45, 7) is 0.135. The minimum atomic E-state index is -3.61. The molecule has 4 nitrogen and oxygen atoms in total. The molecule has 4 aromatic carbocycles. The van der Waals surface area contributed by atoms with Gasteiger partial charge in [-0.3, -0.25) is 0 Å². The average Bonchev–Trinajstić information content (AvgIpc) is 2.84. The molecule has 0 radical (unpaired) electrons. The molecule has 172 valence electrons. The predicted octanol–water partition coefficient (Wildman–Crippen LogP) is 5.99. The summed E-state index contributed by atoms with van der Waals surface area (Å²) in [5.74, 6) is -0.406. The number of rotatable bonds is 8. The summed E-state index contributed by atoms with van der Waals surface area (Å²) in [6.07, 6.45) is 3.96. The monoisotopic (exact) mass is 473 g/mol. The predicted molar refractivity (Wildman–Crippen MR) is 135 cm³/mol. The van der Waals surface area contributed by atoms with E-state index in [1.165, 1.54) is 24.3 Å². The summed E-state index contributed by atoms with van der Waals surface area (Å²) in [4.78, 5) is 0. The Kier molecular flexibility index (Phi) is 7.21. The van der Waals surface area contributed by atoms with Crippen LogP contribution in [0.3, 0.4) is 0 Å². The first kappa shape index (κ1) is 23.4. The number of halogens is 1. The van der Waals surface area contributed by atoms with Crippen LogP contribution in [0.5, 0.6) is 5.75 Å². The van der Waals surface area contributed by atoms with Crippen LogP contribution in [0, 0.1) is 5.82 Å². The molecule has 4 aromatic rings. The Morgan fingerprint density at radius 1 is 0.765 bits per heavy atom. The van der Waals surface area contributed by atoms with Gasteiger partial charge in [-0.05, 0) is 57.6 Å². The van der Waals surface area contributed by atoms with Gasteiger partial charge in [0.25, 0.3) is 0 Å². The zero-order chi connectivity index (χ0) is 24.0. The molecule has 0 heterocycles. The van der Waals surface area contributed by atoms with E-state index in [0.29, 0.717) is 5.56 Å². The molecule has 0 aliphatic carbocycles. The smallest absolute Gasteiger partial charge is 0.216 e. The molecule has 0 amide bonds. The van der Waals surface area contributed by atoms with Crippen molar-refractivity contribution >= 4 is 22.2 Å². The van der Waals surface area contributed by atoms with Crippen LogP contribution in [0.1, 0.15) is 22.3 Å². The largest absolute Gasteiger partial charge is 0.508 e. The van der Waals surface area contributed by atoms with E-state index in [2.05, 4.69) is 4.72 Å². The first-order chi connectivity index (χ1) is 16.4. The van der Waals surface area contributed by atoms with Crippen molar-refractivity contribution in [3.05, 3.63) is 125 Å². The van der Waals surface area contributed by atoms with Crippen LogP contribution in [-0.4, -0.2) is 13.5 Å². The number of phenols is 1. The first-order valence-corrected chi connectivity index (χ1v) is 12.4. The molecule has 2 N–H and O–H groups in total. The van der Waals surface area contributed by atoms with Gasteiger partial charge in [0, 0.05) is 6.54 Å². The van der Waals surface area contributed by atoms with Gasteiger partial charge in [-0.25, -0.2) is 17.5 Å². The highest BCUT2D eigenvalue weighted by Crippen LogP contribution is 2.29. The second kappa shape index (κ2) is 10.5. The zero-order valence-corrected chi connectivity index (χ0v) is 19.2. The van der Waals surface area contributed by atoms with Crippen molar-refractivity contribution in [3.63, 3.8) is 0 Å². The van der Waals surface area contributed by atoms with Crippen LogP contribution in [0.4, 0.5) is 4.39 Å². The summed E-state index contributed by atoms with van der Waals surface area (Å²) in [5.41, 5.74) is 5.21. The lowest BCUT2D eigenvalue weighted by molar-refractivity contribution is 0.475. The fourth-order valence-electron chi connectivity index (χ4n) is 3.64. The molecule has 4 rings (SSSR count). The second-order valence-electron chi connectivity index (χ2n) is 7.88. The summed E-state index contributed by atoms with van der Waals surface area (Å²) in [6, 6.07) is 28.0. The number of phenolic OH excluding ortho intramolecular Hbond substituents is 1. The SMILES string of the molecule is O=S(=O)(Cc1ccc(F)cc1)NCc1ccccc1-c1ccccc1C=Cc1ccc(O)cc1. The minimum absolute atomic E-state index is 0.135. The number of benzene rings is 4. The lowest BCUT2D eigenvalue weighted by Gasteiger charge is -2.13. The molecule has 0 saturated heterocycles. The van der Waals surface area contributed by atoms with Crippen molar-refractivity contribution in [1.29, 1.82) is 0 Å². The molecule has 0 atom stereocenters. The molecular formula is C28H24FNO3S. The second-order valence-corrected chi connectivity index (χ2v) is 9.68. The maximum atomic E-state index is 13.1. The van der Waals surface area contributed by atoms with Crippen LogP contribution >= 0.6 is 0 Å². The van der Waals surface area contributed by atoms with Crippen LogP contribution in [-0.2, 0) is 22.3 Å². The van der Waals surface area contributed by atoms with E-state index in [1.807, 2.05) is 72.8 Å². The van der Waals surface area contributed by atoms with Crippen LogP contribution in [0.25, 0.3) is 23.3 Å². The van der Waals surface area contributed by atoms with E-state index in [4.69, 9.17) is 0 Å². The van der Waals surface area contributed by atoms with Crippen LogP contribution in [0.15, 0.2) is 97.1 Å². The molecule has 0 fully saturated rings. The molecule has 0 aliphatic heterocycles. The van der Waals surface area contributed by atoms with Gasteiger partial charge in [0.2, 0.25) is 10.0 Å². The lowest BCUT2D eigenvalue weighted by Crippen LogP contribution is -2.25. The van der Waals surface area contributed by atoms with E-state index in [1.54, 1.807) is 12.1 Å². The van der Waals surface area contributed by atoms with Gasteiger partial charge in [-0.2, -0.15) is 0 Å². The van der Waals surface area contributed by atoms with Crippen LogP contribution in [0.2, 0.25) is 0 Å². The quantitative estimate of drug-likeness (QED) is 0.309. The third-order valence-corrected chi connectivity index (χ3v) is 6.67. The molecule has 0 unspecified atom stereocenters. The van der Waals surface area contributed by atoms with E-state index < -0.39 is 15.8 Å². The molecule has 0 spiro atoms. The van der Waals surface area contributed by atoms with E-state index in [-0.39, 0.29) is 18.0 Å². The normalized spacial score (nSPS) is 11.7. The summed E-state index contributed by atoms with van der Waals surface area (Å²) in [5, 5.41) is 9.48. The Hall–Kier alpha value is -3.74. The Morgan fingerprint density at radius 2 is 1.41 bits per heavy atom. The maximum Gasteiger partial charge on any atom is 0.216 e. The highest BCUT2D eigenvalue weighted by atomic mass is 32.2. The standard InChI is InChI=1S/C28H24FNO3S/c29-25-15-10-22(11-16-25)20-34(32,33)30-19-24-6-2-4-8-28(24)27-7-3-1-5-23(27)14-9-21-12-17-26(31)18-13-21/h1-18,30-31H,19-20H2. The summed E-state index contributed by atoms with van der Waals surface area (Å²) in [7, 11) is -3.61. The van der Waals surface area contributed by atoms with Crippen molar-refractivity contribution in [2.24, 2.45) is 0 Å². The molecule has 0 aromatic heterocycles. The number of hydrogen-bond acceptors (Lipinski definition) is 3. The Bertz CT molecular complexity index is 1400. The highest BCUT2D eigenvalue weighted by Gasteiger charge is 2.14. The van der Waals surface area contributed by atoms with Gasteiger partial charge in [0.05, 0.1) is 5.75 Å². The fourth-order valence-corrected chi connectivity index (χ4v) is 4.74. The first-order valence-electron chi connectivity index (χ1n) is 10.8. The summed E-state index contributed by atoms with van der Waals surface area (Å²) >= 11 is 0. The van der Waals surface area contributed by atoms with Crippen molar-refractivity contribution < 1.29 is 17.9 Å². The van der Waals surface area contributed by atoms with Gasteiger partial charge >= 0.3 is 0 Å². The van der Waals surface area contributed by atoms with E-state index >= 15 is 0 Å². The van der Waals surface area contributed by atoms with Crippen molar-refractivity contribution in [3.8, 4) is 16.9 Å². The van der Waals surface area contributed by atoms with Gasteiger partial charge in [-0.1, -0.05) is 84.9 Å². The van der Waals surface area contributed by atoms with Gasteiger partial charge in [0.1, 0.15) is 11.6 Å². The fraction of sp³-hybridized carbons (Fsp3) is 0.0714. The minimum Gasteiger partial charge on any atom is -0.508 e. The van der Waals surface area contributed by atoms with Crippen LogP contribution < -0.4 is 4.72 Å². The number of sulfonamides is 1. The Balaban J connectivity index is 1.56. The summed E-state index contributed by atoms with van der Waals surface area (Å²) < 4.78 is 41.0. The average molecular weight is 474 g/mol. The lowest BCUT2D eigenvalue weighted by atomic mass is 9.95. The third kappa shape index (κ3) is 6.19. The molecular weight excluding hydrogens is 449 g/mol. The molecule has 6 heteroatoms. The molecule has 0 aliphatic rings. The Morgan fingerprint density at radius 3 is 2.15 bits per heavy atom. The Labute approximate surface area is 199 Å². The van der Waals surface area contributed by atoms with Gasteiger partial charge < -0.3 is 5.11 Å². The molecule has 34 heavy (non-hydrogen) atoms. The number of aromatic hydroxyl groups is 1. The zero-order valence-electron chi connectivity index (χ0n) is 18.4. The van der Waals surface area contributed by atoms with Crippen molar-refractivity contribution in [2.45, 2.75) is 12.3 Å². The third-order valence-electron chi connectivity index (χ3n) is 5.37. The maximum absolute atomic E-state index is 13.1. The van der Waals surface area contributed by atoms with E-state index in [0.717, 1.165) is 27.8 Å². The van der Waals surface area contributed by atoms with E-state index in [9.17, 15) is 17.9 Å². The van der Waals surface area contributed by atoms with Crippen molar-refractivity contribution in [1.82, 2.24) is 4.72 Å². The topological polar surface area (TPSA) is 66.4 Å². The number of hydrogen-bond donors (Lipinski definition) is 2. The van der Waals surface area contributed by atoms with Gasteiger partial charge in [0.15, 0.2) is 0 Å².